The number of hydrogen-bond donors (Lipinski definition) is 3. The first-order valence-electron chi connectivity index (χ1n) is 28.5. The van der Waals surface area contributed by atoms with Crippen LogP contribution in [-0.2, 0) is 14.3 Å². The van der Waals surface area contributed by atoms with Gasteiger partial charge in [0, 0.05) is 6.42 Å². The van der Waals surface area contributed by atoms with Crippen LogP contribution in [0.4, 0.5) is 0 Å². The summed E-state index contributed by atoms with van der Waals surface area (Å²) in [5, 5.41) is 23.9. The number of aliphatic hydroxyl groups is 2. The van der Waals surface area contributed by atoms with E-state index in [0.29, 0.717) is 19.3 Å². The third-order valence-electron chi connectivity index (χ3n) is 12.4. The highest BCUT2D eigenvalue weighted by Gasteiger charge is 2.24. The first-order valence-corrected chi connectivity index (χ1v) is 28.5. The molecule has 0 heterocycles. The van der Waals surface area contributed by atoms with Gasteiger partial charge >= 0.3 is 5.97 Å². The van der Waals surface area contributed by atoms with E-state index in [0.717, 1.165) is 109 Å². The molecule has 0 aliphatic rings. The quantitative estimate of drug-likeness (QED) is 0.0321. The summed E-state index contributed by atoms with van der Waals surface area (Å²) in [7, 11) is 0. The van der Waals surface area contributed by atoms with Gasteiger partial charge in [-0.1, -0.05) is 246 Å². The van der Waals surface area contributed by atoms with Crippen LogP contribution >= 0.6 is 0 Å². The minimum Gasteiger partial charge on any atom is -0.462 e. The monoisotopic (exact) mass is 946 g/mol. The fourth-order valence-corrected chi connectivity index (χ4v) is 8.18. The lowest BCUT2D eigenvalue weighted by atomic mass is 10.0. The Balaban J connectivity index is 4.69. The standard InChI is InChI=1S/C62H107NO5/c1-4-7-10-13-16-19-22-25-28-31-32-35-38-41-44-47-50-53-58(68-62(67)55-52-49-46-43-40-37-34-30-27-24-21-18-15-12-9-6-3)56-61(66)63-59(57-64)60(65)54-51-48-45-42-39-36-33-29-26-23-20-17-14-11-8-5-2/h7,9-10,12,16,18-19,21,25,27-28,30,32,35,41,44,58-60,64-65H,4-6,8,11,13-15,17,20,22-24,26,29,31,33-34,36-40,42-43,45-57H2,1-3H3,(H,63,66)/b10-7-,12-9+,19-16-,21-18+,28-25-,30-27+,35-32-,44-41-. The van der Waals surface area contributed by atoms with E-state index in [9.17, 15) is 19.8 Å². The van der Waals surface area contributed by atoms with Crippen LogP contribution in [0.5, 0.6) is 0 Å². The lowest BCUT2D eigenvalue weighted by Gasteiger charge is -2.24. The van der Waals surface area contributed by atoms with Crippen molar-refractivity contribution in [1.29, 1.82) is 0 Å². The maximum atomic E-state index is 13.3. The molecule has 3 N–H and O–H groups in total. The third kappa shape index (κ3) is 49.2. The molecule has 0 aromatic rings. The fraction of sp³-hybridized carbons (Fsp3) is 0.710. The molecule has 6 nitrogen and oxygen atoms in total. The van der Waals surface area contributed by atoms with Gasteiger partial charge in [0.05, 0.1) is 25.2 Å². The van der Waals surface area contributed by atoms with Crippen molar-refractivity contribution in [1.82, 2.24) is 5.32 Å². The van der Waals surface area contributed by atoms with Crippen molar-refractivity contribution >= 4 is 11.9 Å². The Morgan fingerprint density at radius 3 is 1.24 bits per heavy atom. The van der Waals surface area contributed by atoms with Gasteiger partial charge in [0.25, 0.3) is 0 Å². The van der Waals surface area contributed by atoms with E-state index < -0.39 is 18.2 Å². The highest BCUT2D eigenvalue weighted by molar-refractivity contribution is 5.77. The van der Waals surface area contributed by atoms with Crippen LogP contribution in [-0.4, -0.2) is 46.9 Å². The van der Waals surface area contributed by atoms with Gasteiger partial charge < -0.3 is 20.3 Å². The molecule has 390 valence electrons. The van der Waals surface area contributed by atoms with E-state index in [1.807, 2.05) is 0 Å². The van der Waals surface area contributed by atoms with Crippen molar-refractivity contribution in [2.24, 2.45) is 0 Å². The van der Waals surface area contributed by atoms with Gasteiger partial charge in [0.2, 0.25) is 5.91 Å². The smallest absolute Gasteiger partial charge is 0.306 e. The van der Waals surface area contributed by atoms with Gasteiger partial charge in [-0.25, -0.2) is 0 Å². The number of carbonyl (C=O) groups is 2. The second-order valence-electron chi connectivity index (χ2n) is 18.9. The van der Waals surface area contributed by atoms with Crippen molar-refractivity contribution in [2.75, 3.05) is 6.61 Å². The molecule has 0 aromatic carbocycles. The molecular formula is C62H107NO5. The van der Waals surface area contributed by atoms with E-state index >= 15 is 0 Å². The molecule has 0 aliphatic carbocycles. The molecule has 3 atom stereocenters. The number of allylic oxidation sites excluding steroid dienone is 16. The van der Waals surface area contributed by atoms with E-state index in [4.69, 9.17) is 4.74 Å². The molecule has 6 heteroatoms. The lowest BCUT2D eigenvalue weighted by Crippen LogP contribution is -2.46. The van der Waals surface area contributed by atoms with Crippen LogP contribution in [0.1, 0.15) is 258 Å². The van der Waals surface area contributed by atoms with Crippen molar-refractivity contribution in [3.05, 3.63) is 97.2 Å². The molecule has 0 aromatic heterocycles. The summed E-state index contributed by atoms with van der Waals surface area (Å²) in [5.41, 5.74) is 0. The SMILES string of the molecule is CC/C=C\C/C=C\C/C=C\C/C=C\C/C=C\CCCC(CC(=O)NC(CO)C(O)CCCCCCCCCCCCCCCCCC)OC(=O)CCCCCCCC/C=C/C/C=C/C/C=C/CC. The number of aliphatic hydroxyl groups excluding tert-OH is 2. The number of carbonyl (C=O) groups excluding carboxylic acids is 2. The number of hydrogen-bond acceptors (Lipinski definition) is 5. The summed E-state index contributed by atoms with van der Waals surface area (Å²) >= 11 is 0. The van der Waals surface area contributed by atoms with Gasteiger partial charge in [-0.2, -0.15) is 0 Å². The molecule has 0 bridgehead atoms. The topological polar surface area (TPSA) is 95.9 Å². The summed E-state index contributed by atoms with van der Waals surface area (Å²) < 4.78 is 5.92. The third-order valence-corrected chi connectivity index (χ3v) is 12.4. The maximum Gasteiger partial charge on any atom is 0.306 e. The van der Waals surface area contributed by atoms with Crippen molar-refractivity contribution in [2.45, 2.75) is 277 Å². The molecule has 0 aliphatic heterocycles. The van der Waals surface area contributed by atoms with E-state index in [-0.39, 0.29) is 24.9 Å². The number of amides is 1. The summed E-state index contributed by atoms with van der Waals surface area (Å²) in [6, 6.07) is -0.729. The average Bonchev–Trinajstić information content (AvgIpc) is 3.33. The van der Waals surface area contributed by atoms with Gasteiger partial charge in [-0.3, -0.25) is 9.59 Å². The van der Waals surface area contributed by atoms with Crippen molar-refractivity contribution < 1.29 is 24.5 Å². The van der Waals surface area contributed by atoms with Crippen molar-refractivity contribution in [3.63, 3.8) is 0 Å². The number of rotatable bonds is 50. The Hall–Kier alpha value is -3.22. The summed E-state index contributed by atoms with van der Waals surface area (Å²) in [6.07, 6.45) is 73.3. The predicted octanol–water partition coefficient (Wildman–Crippen LogP) is 17.7. The van der Waals surface area contributed by atoms with Gasteiger partial charge in [0.15, 0.2) is 0 Å². The fourth-order valence-electron chi connectivity index (χ4n) is 8.18. The predicted molar refractivity (Wildman–Crippen MR) is 296 cm³/mol. The van der Waals surface area contributed by atoms with Crippen LogP contribution in [0.15, 0.2) is 97.2 Å². The molecule has 1 amide bonds. The molecule has 68 heavy (non-hydrogen) atoms. The zero-order chi connectivity index (χ0) is 49.5. The van der Waals surface area contributed by atoms with Gasteiger partial charge in [-0.15, -0.1) is 0 Å². The van der Waals surface area contributed by atoms with E-state index in [1.54, 1.807) is 0 Å². The molecular weight excluding hydrogens is 839 g/mol. The largest absolute Gasteiger partial charge is 0.462 e. The minimum absolute atomic E-state index is 0.0285. The Morgan fingerprint density at radius 2 is 0.809 bits per heavy atom. The second-order valence-corrected chi connectivity index (χ2v) is 18.9. The number of esters is 1. The molecule has 0 spiro atoms. The molecule has 0 fully saturated rings. The molecule has 3 unspecified atom stereocenters. The number of nitrogens with one attached hydrogen (secondary N) is 1. The minimum atomic E-state index is -0.811. The van der Waals surface area contributed by atoms with Crippen LogP contribution in [0.3, 0.4) is 0 Å². The van der Waals surface area contributed by atoms with Crippen LogP contribution in [0.25, 0.3) is 0 Å². The van der Waals surface area contributed by atoms with Gasteiger partial charge in [0.1, 0.15) is 6.10 Å². The molecule has 0 saturated carbocycles. The van der Waals surface area contributed by atoms with Crippen LogP contribution in [0, 0.1) is 0 Å². The highest BCUT2D eigenvalue weighted by Crippen LogP contribution is 2.17. The summed E-state index contributed by atoms with van der Waals surface area (Å²) in [5.74, 6) is -0.547. The summed E-state index contributed by atoms with van der Waals surface area (Å²) in [4.78, 5) is 26.3. The van der Waals surface area contributed by atoms with E-state index in [1.165, 1.54) is 103 Å². The second kappa shape index (κ2) is 54.7. The first kappa shape index (κ1) is 64.8. The normalized spacial score (nSPS) is 13.9. The van der Waals surface area contributed by atoms with Gasteiger partial charge in [-0.05, 0) is 96.3 Å². The number of unbranched alkanes of at least 4 members (excludes halogenated alkanes) is 22. The first-order chi connectivity index (χ1) is 33.5. The zero-order valence-corrected chi connectivity index (χ0v) is 44.5. The maximum absolute atomic E-state index is 13.3. The lowest BCUT2D eigenvalue weighted by molar-refractivity contribution is -0.151. The molecule has 0 saturated heterocycles. The average molecular weight is 947 g/mol. The van der Waals surface area contributed by atoms with Crippen LogP contribution < -0.4 is 5.32 Å². The Bertz CT molecular complexity index is 1340. The van der Waals surface area contributed by atoms with Crippen LogP contribution in [0.2, 0.25) is 0 Å². The summed E-state index contributed by atoms with van der Waals surface area (Å²) in [6.45, 7) is 6.25. The Labute approximate surface area is 420 Å². The Morgan fingerprint density at radius 1 is 0.441 bits per heavy atom. The number of ether oxygens (including phenoxy) is 1. The highest BCUT2D eigenvalue weighted by atomic mass is 16.5. The molecule has 0 radical (unpaired) electrons. The Kier molecular flexibility index (Phi) is 52.1. The van der Waals surface area contributed by atoms with Crippen molar-refractivity contribution in [3.8, 4) is 0 Å². The van der Waals surface area contributed by atoms with E-state index in [2.05, 4.69) is 123 Å². The molecule has 0 rings (SSSR count). The zero-order valence-electron chi connectivity index (χ0n) is 44.5.